The van der Waals surface area contributed by atoms with Crippen molar-refractivity contribution in [3.63, 3.8) is 0 Å². The lowest BCUT2D eigenvalue weighted by Gasteiger charge is -2.30. The average molecular weight is 200 g/mol. The molecular formula is C9H16N2OS. The third-order valence-corrected chi connectivity index (χ3v) is 3.96. The maximum absolute atomic E-state index is 11.7. The van der Waals surface area contributed by atoms with Crippen LogP contribution in [0.4, 0.5) is 0 Å². The van der Waals surface area contributed by atoms with Crippen LogP contribution in [-0.4, -0.2) is 48.0 Å². The van der Waals surface area contributed by atoms with Crippen molar-refractivity contribution < 1.29 is 4.79 Å². The van der Waals surface area contributed by atoms with Gasteiger partial charge in [0.1, 0.15) is 0 Å². The molecule has 0 radical (unpaired) electrons. The highest BCUT2D eigenvalue weighted by atomic mass is 32.2. The summed E-state index contributed by atoms with van der Waals surface area (Å²) in [6.07, 6.45) is 4.32. The molecule has 2 atom stereocenters. The minimum Gasteiger partial charge on any atom is -0.340 e. The minimum absolute atomic E-state index is 0.139. The van der Waals surface area contributed by atoms with E-state index >= 15 is 0 Å². The molecule has 0 bridgehead atoms. The van der Waals surface area contributed by atoms with Crippen LogP contribution < -0.4 is 5.32 Å². The zero-order valence-corrected chi connectivity index (χ0v) is 8.77. The number of amides is 1. The van der Waals surface area contributed by atoms with E-state index in [-0.39, 0.29) is 6.04 Å². The summed E-state index contributed by atoms with van der Waals surface area (Å²) < 4.78 is 0. The van der Waals surface area contributed by atoms with E-state index in [4.69, 9.17) is 0 Å². The van der Waals surface area contributed by atoms with Gasteiger partial charge in [-0.3, -0.25) is 4.79 Å². The smallest absolute Gasteiger partial charge is 0.239 e. The fraction of sp³-hybridized carbons (Fsp3) is 0.889. The van der Waals surface area contributed by atoms with E-state index in [0.717, 1.165) is 26.1 Å². The molecule has 0 aliphatic carbocycles. The van der Waals surface area contributed by atoms with Gasteiger partial charge in [-0.25, -0.2) is 0 Å². The van der Waals surface area contributed by atoms with E-state index in [1.807, 2.05) is 16.7 Å². The minimum atomic E-state index is 0.139. The molecule has 13 heavy (non-hydrogen) atoms. The SMILES string of the molecule is CSC1CCN(C(=O)C2CCN2)C1. The molecule has 0 aromatic heterocycles. The normalized spacial score (nSPS) is 33.2. The van der Waals surface area contributed by atoms with Crippen molar-refractivity contribution >= 4 is 17.7 Å². The van der Waals surface area contributed by atoms with Gasteiger partial charge in [-0.1, -0.05) is 0 Å². The molecule has 2 unspecified atom stereocenters. The Balaban J connectivity index is 1.84. The van der Waals surface area contributed by atoms with Crippen molar-refractivity contribution in [3.05, 3.63) is 0 Å². The van der Waals surface area contributed by atoms with Crippen LogP contribution in [-0.2, 0) is 4.79 Å². The third-order valence-electron chi connectivity index (χ3n) is 2.91. The first-order chi connectivity index (χ1) is 6.31. The molecule has 0 aromatic carbocycles. The molecule has 74 valence electrons. The summed E-state index contributed by atoms with van der Waals surface area (Å²) in [5, 5.41) is 3.83. The largest absolute Gasteiger partial charge is 0.340 e. The predicted molar refractivity (Wildman–Crippen MR) is 54.9 cm³/mol. The van der Waals surface area contributed by atoms with Gasteiger partial charge in [0.25, 0.3) is 0 Å². The van der Waals surface area contributed by atoms with Gasteiger partial charge in [0.15, 0.2) is 0 Å². The second-order valence-corrected chi connectivity index (χ2v) is 4.86. The first kappa shape index (κ1) is 9.34. The molecular weight excluding hydrogens is 184 g/mol. The second-order valence-electron chi connectivity index (χ2n) is 3.73. The van der Waals surface area contributed by atoms with E-state index in [1.54, 1.807) is 0 Å². The van der Waals surface area contributed by atoms with E-state index in [1.165, 1.54) is 6.42 Å². The summed E-state index contributed by atoms with van der Waals surface area (Å²) in [7, 11) is 0. The summed E-state index contributed by atoms with van der Waals surface area (Å²) in [5.41, 5.74) is 0. The zero-order valence-electron chi connectivity index (χ0n) is 7.95. The van der Waals surface area contributed by atoms with Crippen molar-refractivity contribution in [3.8, 4) is 0 Å². The molecule has 0 aromatic rings. The monoisotopic (exact) mass is 200 g/mol. The number of thioether (sulfide) groups is 1. The van der Waals surface area contributed by atoms with Gasteiger partial charge in [0.05, 0.1) is 6.04 Å². The molecule has 4 heteroatoms. The number of nitrogens with one attached hydrogen (secondary N) is 1. The molecule has 1 N–H and O–H groups in total. The quantitative estimate of drug-likeness (QED) is 0.696. The van der Waals surface area contributed by atoms with E-state index in [0.29, 0.717) is 11.2 Å². The highest BCUT2D eigenvalue weighted by Crippen LogP contribution is 2.21. The molecule has 0 spiro atoms. The molecule has 2 aliphatic heterocycles. The highest BCUT2D eigenvalue weighted by Gasteiger charge is 2.32. The zero-order chi connectivity index (χ0) is 9.26. The number of likely N-dealkylation sites (tertiary alicyclic amines) is 1. The second kappa shape index (κ2) is 3.88. The van der Waals surface area contributed by atoms with E-state index in [2.05, 4.69) is 11.6 Å². The van der Waals surface area contributed by atoms with Crippen LogP contribution in [0.5, 0.6) is 0 Å². The number of hydrogen-bond donors (Lipinski definition) is 1. The number of hydrogen-bond acceptors (Lipinski definition) is 3. The maximum Gasteiger partial charge on any atom is 0.239 e. The number of carbonyl (C=O) groups excluding carboxylic acids is 1. The molecule has 0 saturated carbocycles. The fourth-order valence-corrected chi connectivity index (χ4v) is 2.51. The van der Waals surface area contributed by atoms with Crippen LogP contribution in [0.15, 0.2) is 0 Å². The highest BCUT2D eigenvalue weighted by molar-refractivity contribution is 7.99. The standard InChI is InChI=1S/C9H16N2OS/c1-13-7-3-5-11(6-7)9(12)8-2-4-10-8/h7-8,10H,2-6H2,1H3. The fourth-order valence-electron chi connectivity index (χ4n) is 1.84. The van der Waals surface area contributed by atoms with Gasteiger partial charge in [0, 0.05) is 18.3 Å². The third kappa shape index (κ3) is 1.83. The van der Waals surface area contributed by atoms with Crippen molar-refractivity contribution in [2.75, 3.05) is 25.9 Å². The Morgan fingerprint density at radius 3 is 2.77 bits per heavy atom. The van der Waals surface area contributed by atoms with Crippen LogP contribution in [0.25, 0.3) is 0 Å². The van der Waals surface area contributed by atoms with Crippen LogP contribution in [0, 0.1) is 0 Å². The van der Waals surface area contributed by atoms with Crippen LogP contribution in [0.1, 0.15) is 12.8 Å². The lowest BCUT2D eigenvalue weighted by atomic mass is 10.1. The first-order valence-electron chi connectivity index (χ1n) is 4.86. The van der Waals surface area contributed by atoms with Crippen molar-refractivity contribution in [1.29, 1.82) is 0 Å². The Bertz CT molecular complexity index is 206. The Morgan fingerprint density at radius 2 is 2.31 bits per heavy atom. The van der Waals surface area contributed by atoms with Gasteiger partial charge in [-0.05, 0) is 25.6 Å². The molecule has 2 heterocycles. The lowest BCUT2D eigenvalue weighted by Crippen LogP contribution is -2.54. The Labute approximate surface area is 83.2 Å². The first-order valence-corrected chi connectivity index (χ1v) is 6.15. The molecule has 1 amide bonds. The van der Waals surface area contributed by atoms with Gasteiger partial charge in [-0.2, -0.15) is 11.8 Å². The average Bonchev–Trinajstić information content (AvgIpc) is 2.48. The van der Waals surface area contributed by atoms with Crippen molar-refractivity contribution in [2.45, 2.75) is 24.1 Å². The predicted octanol–water partition coefficient (Wildman–Crippen LogP) is 0.312. The van der Waals surface area contributed by atoms with E-state index in [9.17, 15) is 4.79 Å². The maximum atomic E-state index is 11.7. The molecule has 2 saturated heterocycles. The van der Waals surface area contributed by atoms with Gasteiger partial charge >= 0.3 is 0 Å². The summed E-state index contributed by atoms with van der Waals surface area (Å²) in [6, 6.07) is 0.139. The molecule has 2 fully saturated rings. The van der Waals surface area contributed by atoms with Gasteiger partial charge < -0.3 is 10.2 Å². The van der Waals surface area contributed by atoms with Crippen LogP contribution >= 0.6 is 11.8 Å². The van der Waals surface area contributed by atoms with Gasteiger partial charge in [-0.15, -0.1) is 0 Å². The summed E-state index contributed by atoms with van der Waals surface area (Å²) in [5.74, 6) is 0.322. The number of nitrogens with zero attached hydrogens (tertiary/aromatic N) is 1. The van der Waals surface area contributed by atoms with E-state index < -0.39 is 0 Å². The lowest BCUT2D eigenvalue weighted by molar-refractivity contribution is -0.134. The summed E-state index contributed by atoms with van der Waals surface area (Å²) >= 11 is 1.88. The molecule has 2 rings (SSSR count). The van der Waals surface area contributed by atoms with Crippen molar-refractivity contribution in [1.82, 2.24) is 10.2 Å². The molecule has 3 nitrogen and oxygen atoms in total. The number of rotatable bonds is 2. The van der Waals surface area contributed by atoms with Gasteiger partial charge in [0.2, 0.25) is 5.91 Å². The summed E-state index contributed by atoms with van der Waals surface area (Å²) in [4.78, 5) is 13.8. The van der Waals surface area contributed by atoms with Crippen LogP contribution in [0.3, 0.4) is 0 Å². The Morgan fingerprint density at radius 1 is 1.54 bits per heavy atom. The topological polar surface area (TPSA) is 32.3 Å². The Hall–Kier alpha value is -0.220. The van der Waals surface area contributed by atoms with Crippen molar-refractivity contribution in [2.24, 2.45) is 0 Å². The number of carbonyl (C=O) groups is 1. The molecule has 2 aliphatic rings. The van der Waals surface area contributed by atoms with Crippen LogP contribution in [0.2, 0.25) is 0 Å². The summed E-state index contributed by atoms with van der Waals surface area (Å²) in [6.45, 7) is 2.93. The Kier molecular flexibility index (Phi) is 2.79.